The van der Waals surface area contributed by atoms with Crippen LogP contribution in [0.2, 0.25) is 0 Å². The summed E-state index contributed by atoms with van der Waals surface area (Å²) in [4.78, 5) is 10.4. The minimum absolute atomic E-state index is 0.0702. The van der Waals surface area contributed by atoms with Crippen molar-refractivity contribution in [1.29, 1.82) is 5.26 Å². The fourth-order valence-electron chi connectivity index (χ4n) is 2.00. The van der Waals surface area contributed by atoms with Crippen LogP contribution >= 0.6 is 0 Å². The molecule has 0 spiro atoms. The molecule has 0 amide bonds. The molecule has 102 valence electrons. The Morgan fingerprint density at radius 3 is 2.80 bits per heavy atom. The number of anilines is 1. The van der Waals surface area contributed by atoms with Gasteiger partial charge in [-0.15, -0.1) is 0 Å². The molecule has 0 saturated heterocycles. The summed E-state index contributed by atoms with van der Waals surface area (Å²) in [7, 11) is 0. The molecule has 0 unspecified atom stereocenters. The Balaban J connectivity index is 2.25. The third kappa shape index (κ3) is 3.53. The second-order valence-corrected chi connectivity index (χ2v) is 4.34. The molecular weight excluding hydrogens is 252 g/mol. The Morgan fingerprint density at radius 2 is 2.10 bits per heavy atom. The van der Waals surface area contributed by atoms with E-state index in [1.54, 1.807) is 24.7 Å². The number of aromatic nitrogens is 2. The van der Waals surface area contributed by atoms with Crippen LogP contribution in [0, 0.1) is 11.3 Å². The lowest BCUT2D eigenvalue weighted by atomic mass is 10.2. The highest BCUT2D eigenvalue weighted by Crippen LogP contribution is 2.19. The smallest absolute Gasteiger partial charge is 0.134 e. The number of aliphatic hydroxyl groups is 1. The molecule has 2 heterocycles. The zero-order chi connectivity index (χ0) is 14.2. The second kappa shape index (κ2) is 7.22. The van der Waals surface area contributed by atoms with Crippen molar-refractivity contribution in [2.24, 2.45) is 0 Å². The van der Waals surface area contributed by atoms with Gasteiger partial charge < -0.3 is 10.0 Å². The van der Waals surface area contributed by atoms with E-state index in [9.17, 15) is 5.11 Å². The fraction of sp³-hybridized carbons (Fsp3) is 0.267. The zero-order valence-corrected chi connectivity index (χ0v) is 11.1. The average molecular weight is 268 g/mol. The van der Waals surface area contributed by atoms with Gasteiger partial charge in [0.15, 0.2) is 0 Å². The number of aliphatic hydroxyl groups excluding tert-OH is 1. The van der Waals surface area contributed by atoms with Gasteiger partial charge in [0.25, 0.3) is 0 Å². The monoisotopic (exact) mass is 268 g/mol. The SMILES string of the molecule is N#CCCN(Cc1cccnc1)c1ncccc1CO. The number of nitriles is 1. The average Bonchev–Trinajstić information content (AvgIpc) is 2.52. The molecule has 0 aromatic carbocycles. The maximum absolute atomic E-state index is 9.41. The molecule has 5 heteroatoms. The summed E-state index contributed by atoms with van der Waals surface area (Å²) >= 11 is 0. The molecule has 0 fully saturated rings. The van der Waals surface area contributed by atoms with Crippen LogP contribution in [0.3, 0.4) is 0 Å². The number of nitrogens with zero attached hydrogens (tertiary/aromatic N) is 4. The Morgan fingerprint density at radius 1 is 1.25 bits per heavy atom. The first-order chi connectivity index (χ1) is 9.85. The van der Waals surface area contributed by atoms with Crippen LogP contribution in [0.1, 0.15) is 17.5 Å². The molecule has 0 radical (unpaired) electrons. The van der Waals surface area contributed by atoms with E-state index in [2.05, 4.69) is 16.0 Å². The topological polar surface area (TPSA) is 73.0 Å². The van der Waals surface area contributed by atoms with Crippen LogP contribution in [0.25, 0.3) is 0 Å². The molecule has 2 aromatic heterocycles. The molecule has 2 aromatic rings. The standard InChI is InChI=1S/C15H16N4O/c16-6-3-9-19(11-13-4-1-7-17-10-13)15-14(12-20)5-2-8-18-15/h1-2,4-5,7-8,10,20H,3,9,11-12H2. The predicted molar refractivity (Wildman–Crippen MR) is 75.7 cm³/mol. The van der Waals surface area contributed by atoms with Gasteiger partial charge in [0.2, 0.25) is 0 Å². The van der Waals surface area contributed by atoms with Crippen molar-refractivity contribution in [3.63, 3.8) is 0 Å². The highest BCUT2D eigenvalue weighted by molar-refractivity contribution is 5.47. The lowest BCUT2D eigenvalue weighted by Crippen LogP contribution is -2.26. The van der Waals surface area contributed by atoms with E-state index in [1.165, 1.54) is 0 Å². The quantitative estimate of drug-likeness (QED) is 0.866. The Hall–Kier alpha value is -2.45. The molecule has 0 saturated carbocycles. The summed E-state index contributed by atoms with van der Waals surface area (Å²) in [6.07, 6.45) is 5.61. The second-order valence-electron chi connectivity index (χ2n) is 4.34. The van der Waals surface area contributed by atoms with E-state index in [-0.39, 0.29) is 6.61 Å². The van der Waals surface area contributed by atoms with Crippen molar-refractivity contribution in [2.75, 3.05) is 11.4 Å². The molecule has 2 rings (SSSR count). The highest BCUT2D eigenvalue weighted by Gasteiger charge is 2.12. The molecular formula is C15H16N4O. The summed E-state index contributed by atoms with van der Waals surface area (Å²) in [5.41, 5.74) is 1.80. The molecule has 0 aliphatic heterocycles. The van der Waals surface area contributed by atoms with Gasteiger partial charge in [0, 0.05) is 37.2 Å². The summed E-state index contributed by atoms with van der Waals surface area (Å²) in [5, 5.41) is 18.2. The molecule has 0 bridgehead atoms. The van der Waals surface area contributed by atoms with Crippen molar-refractivity contribution in [1.82, 2.24) is 9.97 Å². The van der Waals surface area contributed by atoms with E-state index in [0.29, 0.717) is 25.3 Å². The van der Waals surface area contributed by atoms with Gasteiger partial charge in [-0.25, -0.2) is 4.98 Å². The Kier molecular flexibility index (Phi) is 5.04. The van der Waals surface area contributed by atoms with Crippen molar-refractivity contribution in [3.05, 3.63) is 54.0 Å². The third-order valence-corrected chi connectivity index (χ3v) is 2.93. The number of hydrogen-bond donors (Lipinski definition) is 1. The summed E-state index contributed by atoms with van der Waals surface area (Å²) in [6, 6.07) is 9.63. The summed E-state index contributed by atoms with van der Waals surface area (Å²) in [5.74, 6) is 0.717. The van der Waals surface area contributed by atoms with E-state index in [4.69, 9.17) is 5.26 Å². The first kappa shape index (κ1) is 14.0. The van der Waals surface area contributed by atoms with E-state index in [0.717, 1.165) is 11.1 Å². The van der Waals surface area contributed by atoms with E-state index < -0.39 is 0 Å². The zero-order valence-electron chi connectivity index (χ0n) is 11.1. The van der Waals surface area contributed by atoms with E-state index in [1.807, 2.05) is 23.1 Å². The van der Waals surface area contributed by atoms with Crippen molar-refractivity contribution in [3.8, 4) is 6.07 Å². The van der Waals surface area contributed by atoms with Gasteiger partial charge in [-0.1, -0.05) is 12.1 Å². The van der Waals surface area contributed by atoms with Crippen LogP contribution in [0.5, 0.6) is 0 Å². The van der Waals surface area contributed by atoms with Crippen LogP contribution < -0.4 is 4.90 Å². The molecule has 0 aliphatic carbocycles. The predicted octanol–water partition coefficient (Wildman–Crippen LogP) is 1.89. The van der Waals surface area contributed by atoms with Gasteiger partial charge in [0.05, 0.1) is 19.1 Å². The van der Waals surface area contributed by atoms with Crippen molar-refractivity contribution in [2.45, 2.75) is 19.6 Å². The number of pyridine rings is 2. The van der Waals surface area contributed by atoms with Crippen molar-refractivity contribution < 1.29 is 5.11 Å². The Labute approximate surface area is 118 Å². The molecule has 20 heavy (non-hydrogen) atoms. The van der Waals surface area contributed by atoms with Crippen LogP contribution in [0.15, 0.2) is 42.9 Å². The minimum atomic E-state index is -0.0702. The van der Waals surface area contributed by atoms with Crippen molar-refractivity contribution >= 4 is 5.82 Å². The van der Waals surface area contributed by atoms with Gasteiger partial charge in [0.1, 0.15) is 5.82 Å². The van der Waals surface area contributed by atoms with Crippen LogP contribution in [-0.2, 0) is 13.2 Å². The van der Waals surface area contributed by atoms with Gasteiger partial charge >= 0.3 is 0 Å². The first-order valence-corrected chi connectivity index (χ1v) is 6.40. The number of rotatable bonds is 6. The molecule has 0 atom stereocenters. The van der Waals surface area contributed by atoms with Crippen LogP contribution in [0.4, 0.5) is 5.82 Å². The largest absolute Gasteiger partial charge is 0.392 e. The maximum Gasteiger partial charge on any atom is 0.134 e. The summed E-state index contributed by atoms with van der Waals surface area (Å²) < 4.78 is 0. The molecule has 1 N–H and O–H groups in total. The van der Waals surface area contributed by atoms with Gasteiger partial charge in [-0.05, 0) is 17.7 Å². The van der Waals surface area contributed by atoms with Crippen LogP contribution in [-0.4, -0.2) is 21.6 Å². The minimum Gasteiger partial charge on any atom is -0.392 e. The van der Waals surface area contributed by atoms with E-state index >= 15 is 0 Å². The molecule has 0 aliphatic rings. The normalized spacial score (nSPS) is 10.0. The third-order valence-electron chi connectivity index (χ3n) is 2.93. The van der Waals surface area contributed by atoms with Gasteiger partial charge in [-0.2, -0.15) is 5.26 Å². The first-order valence-electron chi connectivity index (χ1n) is 6.40. The molecule has 5 nitrogen and oxygen atoms in total. The maximum atomic E-state index is 9.41. The lowest BCUT2D eigenvalue weighted by molar-refractivity contribution is 0.281. The highest BCUT2D eigenvalue weighted by atomic mass is 16.3. The van der Waals surface area contributed by atoms with Gasteiger partial charge in [-0.3, -0.25) is 4.98 Å². The lowest BCUT2D eigenvalue weighted by Gasteiger charge is -2.24. The Bertz CT molecular complexity index is 580. The number of hydrogen-bond acceptors (Lipinski definition) is 5. The summed E-state index contributed by atoms with van der Waals surface area (Å²) in [6.45, 7) is 1.11. The fourth-order valence-corrected chi connectivity index (χ4v) is 2.00.